The molecule has 1 aromatic heterocycles. The Balaban J connectivity index is 1.54. The van der Waals surface area contributed by atoms with Crippen LogP contribution in [0, 0.1) is 0 Å². The largest absolute Gasteiger partial charge is 0.486 e. The molecule has 2 heterocycles. The molecule has 3 aromatic rings. The van der Waals surface area contributed by atoms with Gasteiger partial charge in [-0.25, -0.2) is 4.79 Å². The minimum atomic E-state index is -0.683. The first-order valence-corrected chi connectivity index (χ1v) is 9.80. The van der Waals surface area contributed by atoms with E-state index in [2.05, 4.69) is 15.0 Å². The van der Waals surface area contributed by atoms with Crippen LogP contribution in [0.3, 0.4) is 0 Å². The summed E-state index contributed by atoms with van der Waals surface area (Å²) in [6.45, 7) is 0.640. The molecule has 164 valence electrons. The second-order valence-corrected chi connectivity index (χ2v) is 7.11. The van der Waals surface area contributed by atoms with Crippen LogP contribution in [0.5, 0.6) is 11.5 Å². The van der Waals surface area contributed by atoms with Gasteiger partial charge in [0.15, 0.2) is 29.7 Å². The van der Waals surface area contributed by atoms with Crippen LogP contribution in [0.1, 0.15) is 32.1 Å². The van der Waals surface area contributed by atoms with Crippen LogP contribution < -0.4 is 20.1 Å². The van der Waals surface area contributed by atoms with Crippen molar-refractivity contribution in [2.45, 2.75) is 6.61 Å². The van der Waals surface area contributed by atoms with Crippen molar-refractivity contribution in [2.24, 2.45) is 0 Å². The smallest absolute Gasteiger partial charge is 0.339 e. The highest BCUT2D eigenvalue weighted by Crippen LogP contribution is 2.31. The monoisotopic (exact) mass is 435 g/mol. The second kappa shape index (κ2) is 8.88. The zero-order chi connectivity index (χ0) is 22.7. The number of carbonyl (C=O) groups excluding carboxylic acids is 2. The lowest BCUT2D eigenvalue weighted by Crippen LogP contribution is -2.18. The van der Waals surface area contributed by atoms with Crippen LogP contribution >= 0.6 is 0 Å². The number of rotatable bonds is 6. The van der Waals surface area contributed by atoms with Gasteiger partial charge in [0.05, 0.1) is 5.56 Å². The molecule has 2 aromatic carbocycles. The third-order valence-electron chi connectivity index (χ3n) is 4.62. The molecule has 0 aliphatic carbocycles. The Labute approximate surface area is 184 Å². The molecule has 2 N–H and O–H groups in total. The highest BCUT2D eigenvalue weighted by molar-refractivity contribution is 6.14. The van der Waals surface area contributed by atoms with E-state index in [-0.39, 0.29) is 35.3 Å². The fourth-order valence-corrected chi connectivity index (χ4v) is 3.10. The Bertz CT molecular complexity index is 1180. The van der Waals surface area contributed by atoms with Gasteiger partial charge in [0.25, 0.3) is 0 Å². The van der Waals surface area contributed by atoms with Crippen LogP contribution in [0.4, 0.5) is 11.9 Å². The second-order valence-electron chi connectivity index (χ2n) is 7.11. The van der Waals surface area contributed by atoms with E-state index < -0.39 is 5.97 Å². The Kier molecular flexibility index (Phi) is 5.84. The molecule has 0 spiro atoms. The van der Waals surface area contributed by atoms with Crippen LogP contribution in [-0.4, -0.2) is 54.0 Å². The van der Waals surface area contributed by atoms with E-state index in [1.807, 2.05) is 0 Å². The number of fused-ring (bicyclic) bond motifs is 1. The first kappa shape index (κ1) is 21.0. The molecule has 0 saturated carbocycles. The first-order chi connectivity index (χ1) is 15.4. The van der Waals surface area contributed by atoms with Gasteiger partial charge in [0.1, 0.15) is 13.2 Å². The summed E-state index contributed by atoms with van der Waals surface area (Å²) in [5.74, 6) is 0.609. The lowest BCUT2D eigenvalue weighted by Gasteiger charge is -2.18. The molecule has 1 aliphatic heterocycles. The highest BCUT2D eigenvalue weighted by Gasteiger charge is 2.22. The van der Waals surface area contributed by atoms with Crippen molar-refractivity contribution in [1.29, 1.82) is 0 Å². The summed E-state index contributed by atoms with van der Waals surface area (Å²) >= 11 is 0. The molecule has 0 atom stereocenters. The maximum absolute atomic E-state index is 13.1. The molecule has 0 fully saturated rings. The van der Waals surface area contributed by atoms with Crippen molar-refractivity contribution in [3.05, 3.63) is 65.0 Å². The van der Waals surface area contributed by atoms with E-state index in [9.17, 15) is 9.59 Å². The molecular weight excluding hydrogens is 414 g/mol. The van der Waals surface area contributed by atoms with Gasteiger partial charge in [-0.2, -0.15) is 15.0 Å². The quantitative estimate of drug-likeness (QED) is 0.452. The Morgan fingerprint density at radius 1 is 1.00 bits per heavy atom. The van der Waals surface area contributed by atoms with Gasteiger partial charge < -0.3 is 24.8 Å². The average Bonchev–Trinajstić information content (AvgIpc) is 2.81. The van der Waals surface area contributed by atoms with Gasteiger partial charge in [-0.1, -0.05) is 18.2 Å². The SMILES string of the molecule is CN(C)c1nc(N)nc(COC(=O)c2ccccc2C(=O)c2ccc3c(c2)OCCO3)n1. The zero-order valence-electron chi connectivity index (χ0n) is 17.6. The number of nitrogen functional groups attached to an aromatic ring is 1. The minimum Gasteiger partial charge on any atom is -0.486 e. The van der Waals surface area contributed by atoms with E-state index in [1.54, 1.807) is 55.4 Å². The fraction of sp³-hybridized carbons (Fsp3) is 0.227. The van der Waals surface area contributed by atoms with Gasteiger partial charge in [-0.3, -0.25) is 4.79 Å². The van der Waals surface area contributed by atoms with Gasteiger partial charge in [0.2, 0.25) is 11.9 Å². The van der Waals surface area contributed by atoms with Crippen molar-refractivity contribution in [3.8, 4) is 11.5 Å². The number of esters is 1. The molecule has 0 saturated heterocycles. The molecule has 4 rings (SSSR count). The molecular formula is C22H21N5O5. The molecule has 10 nitrogen and oxygen atoms in total. The third kappa shape index (κ3) is 4.43. The molecule has 10 heteroatoms. The number of hydrogen-bond donors (Lipinski definition) is 1. The topological polar surface area (TPSA) is 130 Å². The summed E-state index contributed by atoms with van der Waals surface area (Å²) in [6.07, 6.45) is 0. The molecule has 0 radical (unpaired) electrons. The predicted molar refractivity (Wildman–Crippen MR) is 115 cm³/mol. The van der Waals surface area contributed by atoms with Gasteiger partial charge in [-0.05, 0) is 24.3 Å². The van der Waals surface area contributed by atoms with E-state index in [0.717, 1.165) is 0 Å². The Hall–Kier alpha value is -4.21. The molecule has 1 aliphatic rings. The highest BCUT2D eigenvalue weighted by atomic mass is 16.6. The lowest BCUT2D eigenvalue weighted by atomic mass is 9.98. The number of anilines is 2. The number of hydrogen-bond acceptors (Lipinski definition) is 10. The van der Waals surface area contributed by atoms with E-state index in [0.29, 0.717) is 36.2 Å². The predicted octanol–water partition coefficient (Wildman–Crippen LogP) is 1.88. The van der Waals surface area contributed by atoms with Crippen LogP contribution in [-0.2, 0) is 11.3 Å². The average molecular weight is 435 g/mol. The number of carbonyl (C=O) groups is 2. The summed E-state index contributed by atoms with van der Waals surface area (Å²) in [4.78, 5) is 39.8. The maximum Gasteiger partial charge on any atom is 0.339 e. The lowest BCUT2D eigenvalue weighted by molar-refractivity contribution is 0.0459. The summed E-state index contributed by atoms with van der Waals surface area (Å²) in [5.41, 5.74) is 6.40. The molecule has 0 amide bonds. The van der Waals surface area contributed by atoms with Crippen molar-refractivity contribution < 1.29 is 23.8 Å². The first-order valence-electron chi connectivity index (χ1n) is 9.80. The number of nitrogens with zero attached hydrogens (tertiary/aromatic N) is 4. The minimum absolute atomic E-state index is 0.0175. The summed E-state index contributed by atoms with van der Waals surface area (Å²) in [7, 11) is 3.51. The zero-order valence-corrected chi connectivity index (χ0v) is 17.6. The standard InChI is InChI=1S/C22H21N5O5/c1-27(2)22-25-18(24-21(23)26-22)12-32-20(29)15-6-4-3-5-14(15)19(28)13-7-8-16-17(11-13)31-10-9-30-16/h3-8,11H,9-10,12H2,1-2H3,(H2,23,24,25,26). The van der Waals surface area contributed by atoms with E-state index >= 15 is 0 Å². The van der Waals surface area contributed by atoms with Crippen LogP contribution in [0.15, 0.2) is 42.5 Å². The van der Waals surface area contributed by atoms with E-state index in [1.165, 1.54) is 6.07 Å². The third-order valence-corrected chi connectivity index (χ3v) is 4.62. The Morgan fingerprint density at radius 2 is 1.72 bits per heavy atom. The number of aromatic nitrogens is 3. The number of benzene rings is 2. The van der Waals surface area contributed by atoms with Crippen molar-refractivity contribution >= 4 is 23.6 Å². The number of ketones is 1. The summed E-state index contributed by atoms with van der Waals surface area (Å²) in [5, 5.41) is 0. The van der Waals surface area contributed by atoms with Gasteiger partial charge in [-0.15, -0.1) is 0 Å². The Morgan fingerprint density at radius 3 is 2.47 bits per heavy atom. The summed E-state index contributed by atoms with van der Waals surface area (Å²) < 4.78 is 16.4. The van der Waals surface area contributed by atoms with Crippen molar-refractivity contribution in [2.75, 3.05) is 37.9 Å². The maximum atomic E-state index is 13.1. The fourth-order valence-electron chi connectivity index (χ4n) is 3.10. The van der Waals surface area contributed by atoms with Crippen molar-refractivity contribution in [1.82, 2.24) is 15.0 Å². The van der Waals surface area contributed by atoms with Crippen LogP contribution in [0.2, 0.25) is 0 Å². The van der Waals surface area contributed by atoms with Crippen LogP contribution in [0.25, 0.3) is 0 Å². The normalized spacial score (nSPS) is 12.2. The van der Waals surface area contributed by atoms with E-state index in [4.69, 9.17) is 19.9 Å². The number of nitrogens with two attached hydrogens (primary N) is 1. The number of ether oxygens (including phenoxy) is 3. The summed E-state index contributed by atoms with van der Waals surface area (Å²) in [6, 6.07) is 11.3. The molecule has 0 bridgehead atoms. The van der Waals surface area contributed by atoms with Gasteiger partial charge >= 0.3 is 5.97 Å². The molecule has 0 unspecified atom stereocenters. The van der Waals surface area contributed by atoms with Gasteiger partial charge in [0, 0.05) is 25.2 Å². The van der Waals surface area contributed by atoms with Crippen molar-refractivity contribution in [3.63, 3.8) is 0 Å². The molecule has 32 heavy (non-hydrogen) atoms.